The Morgan fingerprint density at radius 3 is 2.52 bits per heavy atom. The van der Waals surface area contributed by atoms with E-state index in [1.165, 1.54) is 11.3 Å². The number of para-hydroxylation sites is 1. The van der Waals surface area contributed by atoms with Gasteiger partial charge in [0.1, 0.15) is 0 Å². The van der Waals surface area contributed by atoms with Crippen molar-refractivity contribution < 1.29 is 8.42 Å². The largest absolute Gasteiger partial charge is 0.284 e. The Labute approximate surface area is 172 Å². The van der Waals surface area contributed by atoms with Crippen molar-refractivity contribution in [3.8, 4) is 0 Å². The van der Waals surface area contributed by atoms with Crippen LogP contribution in [0.5, 0.6) is 0 Å². The normalized spacial score (nSPS) is 16.2. The first-order valence-electron chi connectivity index (χ1n) is 8.88. The Bertz CT molecular complexity index is 1030. The van der Waals surface area contributed by atoms with Crippen molar-refractivity contribution in [2.45, 2.75) is 52.3 Å². The molecule has 1 aromatic heterocycles. The molecule has 27 heavy (non-hydrogen) atoms. The van der Waals surface area contributed by atoms with Crippen LogP contribution in [0, 0.1) is 0 Å². The molecule has 0 atom stereocenters. The van der Waals surface area contributed by atoms with Crippen molar-refractivity contribution in [2.24, 2.45) is 0 Å². The summed E-state index contributed by atoms with van der Waals surface area (Å²) in [7, 11) is -3.79. The van der Waals surface area contributed by atoms with E-state index in [9.17, 15) is 8.42 Å². The Hall–Kier alpha value is -1.12. The van der Waals surface area contributed by atoms with E-state index < -0.39 is 10.0 Å². The predicted molar refractivity (Wildman–Crippen MR) is 112 cm³/mol. The van der Waals surface area contributed by atoms with E-state index >= 15 is 0 Å². The van der Waals surface area contributed by atoms with Gasteiger partial charge < -0.3 is 0 Å². The van der Waals surface area contributed by atoms with Gasteiger partial charge in [-0.1, -0.05) is 55.3 Å². The maximum Gasteiger partial charge on any atom is 0.284 e. The summed E-state index contributed by atoms with van der Waals surface area (Å²) in [6.45, 7) is 0. The molecular formula is C19H19ClN2O2S3. The molecule has 3 aromatic rings. The first kappa shape index (κ1) is 19.2. The van der Waals surface area contributed by atoms with E-state index in [2.05, 4.69) is 4.98 Å². The summed E-state index contributed by atoms with van der Waals surface area (Å²) in [6.07, 6.45) is 4.79. The molecule has 0 radical (unpaired) electrons. The highest BCUT2D eigenvalue weighted by Crippen LogP contribution is 2.38. The number of hydrogen-bond acceptors (Lipinski definition) is 5. The van der Waals surface area contributed by atoms with Crippen LogP contribution in [0.1, 0.15) is 32.1 Å². The van der Waals surface area contributed by atoms with Crippen LogP contribution < -0.4 is 0 Å². The van der Waals surface area contributed by atoms with Crippen molar-refractivity contribution in [1.82, 2.24) is 8.81 Å². The molecule has 8 heteroatoms. The SMILES string of the molecule is O=S(=O)(c1nc2c(Sc3ccccc3)cccc2s1)N(Cl)C1CCCCC1. The molecule has 0 saturated heterocycles. The van der Waals surface area contributed by atoms with E-state index in [0.29, 0.717) is 5.52 Å². The monoisotopic (exact) mass is 438 g/mol. The van der Waals surface area contributed by atoms with Gasteiger partial charge in [-0.05, 0) is 48.9 Å². The molecular weight excluding hydrogens is 420 g/mol. The Morgan fingerprint density at radius 1 is 1.04 bits per heavy atom. The number of benzene rings is 2. The lowest BCUT2D eigenvalue weighted by atomic mass is 9.96. The fraction of sp³-hybridized carbons (Fsp3) is 0.316. The van der Waals surface area contributed by atoms with Crippen LogP contribution >= 0.6 is 34.9 Å². The minimum atomic E-state index is -3.79. The molecule has 1 heterocycles. The molecule has 142 valence electrons. The quantitative estimate of drug-likeness (QED) is 0.463. The van der Waals surface area contributed by atoms with Crippen LogP contribution in [0.15, 0.2) is 62.7 Å². The third kappa shape index (κ3) is 4.03. The zero-order chi connectivity index (χ0) is 18.9. The molecule has 1 fully saturated rings. The molecule has 1 saturated carbocycles. The van der Waals surface area contributed by atoms with E-state index in [1.807, 2.05) is 48.5 Å². The van der Waals surface area contributed by atoms with Gasteiger partial charge in [-0.15, -0.1) is 15.2 Å². The summed E-state index contributed by atoms with van der Waals surface area (Å²) < 4.78 is 28.0. The lowest BCUT2D eigenvalue weighted by Crippen LogP contribution is -2.34. The van der Waals surface area contributed by atoms with Crippen molar-refractivity contribution in [2.75, 3.05) is 0 Å². The van der Waals surface area contributed by atoms with Crippen LogP contribution in [0.4, 0.5) is 0 Å². The molecule has 1 aliphatic rings. The summed E-state index contributed by atoms with van der Waals surface area (Å²) >= 11 is 9.05. The number of hydrogen-bond donors (Lipinski definition) is 0. The maximum absolute atomic E-state index is 13.0. The topological polar surface area (TPSA) is 50.3 Å². The molecule has 0 aliphatic heterocycles. The van der Waals surface area contributed by atoms with Crippen molar-refractivity contribution in [3.05, 3.63) is 48.5 Å². The fourth-order valence-corrected chi connectivity index (χ4v) is 7.41. The van der Waals surface area contributed by atoms with Gasteiger partial charge in [-0.3, -0.25) is 0 Å². The molecule has 0 spiro atoms. The molecule has 0 N–H and O–H groups in total. The fourth-order valence-electron chi connectivity index (χ4n) is 3.27. The van der Waals surface area contributed by atoms with E-state index in [1.54, 1.807) is 11.8 Å². The van der Waals surface area contributed by atoms with Gasteiger partial charge >= 0.3 is 0 Å². The molecule has 2 aromatic carbocycles. The predicted octanol–water partition coefficient (Wildman–Crippen LogP) is 5.92. The summed E-state index contributed by atoms with van der Waals surface area (Å²) in [5, 5.41) is 0. The minimum Gasteiger partial charge on any atom is -0.223 e. The first-order valence-corrected chi connectivity index (χ1v) is 12.3. The third-order valence-electron chi connectivity index (χ3n) is 4.65. The molecule has 1 aliphatic carbocycles. The highest BCUT2D eigenvalue weighted by Gasteiger charge is 2.34. The highest BCUT2D eigenvalue weighted by molar-refractivity contribution is 7.99. The Morgan fingerprint density at radius 2 is 1.78 bits per heavy atom. The number of rotatable bonds is 5. The Balaban J connectivity index is 1.67. The van der Waals surface area contributed by atoms with Gasteiger partial charge in [0.05, 0.1) is 10.2 Å². The second-order valence-corrected chi connectivity index (χ2v) is 11.2. The summed E-state index contributed by atoms with van der Waals surface area (Å²) in [5.41, 5.74) is 0.712. The van der Waals surface area contributed by atoms with Crippen molar-refractivity contribution in [3.63, 3.8) is 0 Å². The number of thiazole rings is 1. The van der Waals surface area contributed by atoms with E-state index in [-0.39, 0.29) is 10.4 Å². The molecule has 4 rings (SSSR count). The average molecular weight is 439 g/mol. The molecule has 4 nitrogen and oxygen atoms in total. The zero-order valence-corrected chi connectivity index (χ0v) is 17.8. The maximum atomic E-state index is 13.0. The molecule has 0 bridgehead atoms. The number of aromatic nitrogens is 1. The average Bonchev–Trinajstić information content (AvgIpc) is 3.15. The van der Waals surface area contributed by atoms with Crippen LogP contribution in [0.3, 0.4) is 0 Å². The Kier molecular flexibility index (Phi) is 5.75. The second-order valence-electron chi connectivity index (χ2n) is 6.54. The van der Waals surface area contributed by atoms with Gasteiger partial charge in [0.25, 0.3) is 10.0 Å². The van der Waals surface area contributed by atoms with Crippen LogP contribution in [-0.4, -0.2) is 23.3 Å². The summed E-state index contributed by atoms with van der Waals surface area (Å²) in [5.74, 6) is 0. The highest BCUT2D eigenvalue weighted by atomic mass is 35.5. The number of fused-ring (bicyclic) bond motifs is 1. The number of nitrogens with zero attached hydrogens (tertiary/aromatic N) is 2. The van der Waals surface area contributed by atoms with Gasteiger partial charge in [-0.25, -0.2) is 13.4 Å². The molecule has 0 unspecified atom stereocenters. The van der Waals surface area contributed by atoms with Gasteiger partial charge in [0.15, 0.2) is 0 Å². The van der Waals surface area contributed by atoms with Gasteiger partial charge in [0.2, 0.25) is 4.34 Å². The third-order valence-corrected chi connectivity index (χ3v) is 9.51. The summed E-state index contributed by atoms with van der Waals surface area (Å²) in [4.78, 5) is 6.51. The van der Waals surface area contributed by atoms with Gasteiger partial charge in [0, 0.05) is 15.8 Å². The smallest absolute Gasteiger partial charge is 0.223 e. The van der Waals surface area contributed by atoms with E-state index in [0.717, 1.165) is 50.4 Å². The van der Waals surface area contributed by atoms with Gasteiger partial charge in [-0.2, -0.15) is 0 Å². The van der Waals surface area contributed by atoms with E-state index in [4.69, 9.17) is 11.8 Å². The second kappa shape index (κ2) is 8.09. The minimum absolute atomic E-state index is 0.0687. The van der Waals surface area contributed by atoms with Crippen LogP contribution in [-0.2, 0) is 10.0 Å². The van der Waals surface area contributed by atoms with Crippen molar-refractivity contribution >= 4 is 55.1 Å². The van der Waals surface area contributed by atoms with Crippen LogP contribution in [0.2, 0.25) is 0 Å². The summed E-state index contributed by atoms with van der Waals surface area (Å²) in [6, 6.07) is 15.6. The van der Waals surface area contributed by atoms with Crippen molar-refractivity contribution in [1.29, 1.82) is 0 Å². The first-order chi connectivity index (χ1) is 13.1. The lowest BCUT2D eigenvalue weighted by molar-refractivity contribution is 0.339. The molecule has 0 amide bonds. The standard InChI is InChI=1S/C19H19ClN2O2S3/c20-22(14-8-3-1-4-9-14)27(23,24)19-21-18-16(12-7-13-17(18)26-19)25-15-10-5-2-6-11-15/h2,5-7,10-14H,1,3-4,8-9H2. The zero-order valence-electron chi connectivity index (χ0n) is 14.5. The lowest BCUT2D eigenvalue weighted by Gasteiger charge is -2.27. The van der Waals surface area contributed by atoms with Crippen LogP contribution in [0.25, 0.3) is 10.2 Å². The number of halogens is 1. The number of sulfonamides is 1.